The quantitative estimate of drug-likeness (QED) is 0.904. The summed E-state index contributed by atoms with van der Waals surface area (Å²) in [5.74, 6) is 0.0672. The fourth-order valence-corrected chi connectivity index (χ4v) is 3.79. The van der Waals surface area contributed by atoms with Crippen LogP contribution in [0.3, 0.4) is 0 Å². The molecule has 1 aromatic rings. The summed E-state index contributed by atoms with van der Waals surface area (Å²) >= 11 is 0. The van der Waals surface area contributed by atoms with E-state index < -0.39 is 0 Å². The summed E-state index contributed by atoms with van der Waals surface area (Å²) in [6.07, 6.45) is 5.38. The van der Waals surface area contributed by atoms with Gasteiger partial charge in [0.25, 0.3) is 5.91 Å². The lowest BCUT2D eigenvalue weighted by Gasteiger charge is -2.31. The van der Waals surface area contributed by atoms with Gasteiger partial charge >= 0.3 is 0 Å². The van der Waals surface area contributed by atoms with E-state index in [2.05, 4.69) is 16.9 Å². The topological polar surface area (TPSA) is 79.5 Å². The molecule has 0 saturated carbocycles. The molecule has 0 aromatic carbocycles. The van der Waals surface area contributed by atoms with E-state index in [0.717, 1.165) is 19.5 Å². The number of likely N-dealkylation sites (tertiary alicyclic amines) is 2. The van der Waals surface area contributed by atoms with Gasteiger partial charge in [0.1, 0.15) is 5.69 Å². The first-order chi connectivity index (χ1) is 11.5. The van der Waals surface area contributed by atoms with Crippen LogP contribution in [-0.2, 0) is 4.79 Å². The van der Waals surface area contributed by atoms with Gasteiger partial charge in [-0.15, -0.1) is 0 Å². The Kier molecular flexibility index (Phi) is 5.14. The summed E-state index contributed by atoms with van der Waals surface area (Å²) in [6.45, 7) is 3.32. The van der Waals surface area contributed by atoms with Crippen molar-refractivity contribution in [3.05, 3.63) is 29.6 Å². The van der Waals surface area contributed by atoms with E-state index in [1.54, 1.807) is 11.1 Å². The molecule has 6 heteroatoms. The van der Waals surface area contributed by atoms with Gasteiger partial charge in [-0.1, -0.05) is 0 Å². The third-order valence-electron chi connectivity index (χ3n) is 5.28. The van der Waals surface area contributed by atoms with Crippen molar-refractivity contribution in [2.24, 2.45) is 11.7 Å². The van der Waals surface area contributed by atoms with Crippen LogP contribution in [0.5, 0.6) is 0 Å². The lowest BCUT2D eigenvalue weighted by Crippen LogP contribution is -2.42. The van der Waals surface area contributed by atoms with Crippen LogP contribution in [0.25, 0.3) is 0 Å². The maximum atomic E-state index is 12.7. The smallest absolute Gasteiger partial charge is 0.272 e. The molecule has 2 aliphatic heterocycles. The zero-order valence-electron chi connectivity index (χ0n) is 14.3. The monoisotopic (exact) mass is 330 g/mol. The van der Waals surface area contributed by atoms with Crippen LogP contribution in [0.15, 0.2) is 18.3 Å². The average molecular weight is 330 g/mol. The number of rotatable bonds is 3. The molecule has 1 aromatic heterocycles. The number of pyridine rings is 1. The number of likely N-dealkylation sites (N-methyl/N-ethyl adjacent to an activating group) is 1. The van der Waals surface area contributed by atoms with Crippen molar-refractivity contribution in [1.82, 2.24) is 14.8 Å². The highest BCUT2D eigenvalue weighted by Gasteiger charge is 2.27. The number of nitrogens with zero attached hydrogens (tertiary/aromatic N) is 3. The standard InChI is InChI=1S/C18H26N4O2/c1-21-8-2-3-15(12-21)14-4-7-20-16(11-14)18(24)22-9-5-13(6-10-22)17(19)23/h4,7,11,13,15H,2-3,5-6,8-10,12H2,1H3,(H2,19,23)/t15-/m0/s1. The van der Waals surface area contributed by atoms with Gasteiger partial charge in [0, 0.05) is 31.7 Å². The minimum absolute atomic E-state index is 0.0380. The van der Waals surface area contributed by atoms with Gasteiger partial charge in [-0.25, -0.2) is 0 Å². The summed E-state index contributed by atoms with van der Waals surface area (Å²) in [5.41, 5.74) is 7.07. The van der Waals surface area contributed by atoms with Crippen molar-refractivity contribution < 1.29 is 9.59 Å². The molecule has 3 rings (SSSR count). The molecule has 24 heavy (non-hydrogen) atoms. The maximum absolute atomic E-state index is 12.7. The zero-order valence-corrected chi connectivity index (χ0v) is 14.3. The second-order valence-electron chi connectivity index (χ2n) is 7.04. The Labute approximate surface area is 143 Å². The number of hydrogen-bond acceptors (Lipinski definition) is 4. The van der Waals surface area contributed by atoms with Crippen LogP contribution < -0.4 is 5.73 Å². The number of carbonyl (C=O) groups excluding carboxylic acids is 2. The first kappa shape index (κ1) is 16.9. The largest absolute Gasteiger partial charge is 0.369 e. The molecule has 2 N–H and O–H groups in total. The number of hydrogen-bond donors (Lipinski definition) is 1. The average Bonchev–Trinajstić information content (AvgIpc) is 2.61. The van der Waals surface area contributed by atoms with Crippen molar-refractivity contribution in [3.63, 3.8) is 0 Å². The van der Waals surface area contributed by atoms with E-state index in [-0.39, 0.29) is 17.7 Å². The summed E-state index contributed by atoms with van der Waals surface area (Å²) in [6, 6.07) is 3.98. The van der Waals surface area contributed by atoms with Crippen LogP contribution in [0, 0.1) is 5.92 Å². The van der Waals surface area contributed by atoms with Gasteiger partial charge < -0.3 is 15.5 Å². The number of nitrogens with two attached hydrogens (primary N) is 1. The van der Waals surface area contributed by atoms with Crippen LogP contribution in [0.4, 0.5) is 0 Å². The SMILES string of the molecule is CN1CCC[C@H](c2ccnc(C(=O)N3CCC(C(N)=O)CC3)c2)C1. The van der Waals surface area contributed by atoms with E-state index in [1.165, 1.54) is 12.0 Å². The zero-order chi connectivity index (χ0) is 17.1. The Morgan fingerprint density at radius 1 is 1.21 bits per heavy atom. The molecule has 2 aliphatic rings. The van der Waals surface area contributed by atoms with Crippen molar-refractivity contribution in [3.8, 4) is 0 Å². The molecule has 130 valence electrons. The highest BCUT2D eigenvalue weighted by Crippen LogP contribution is 2.27. The van der Waals surface area contributed by atoms with E-state index >= 15 is 0 Å². The molecule has 0 unspecified atom stereocenters. The molecule has 0 aliphatic carbocycles. The Bertz CT molecular complexity index is 611. The Balaban J connectivity index is 1.67. The molecule has 0 spiro atoms. The molecule has 6 nitrogen and oxygen atoms in total. The third kappa shape index (κ3) is 3.75. The van der Waals surface area contributed by atoms with Gasteiger partial charge in [-0.3, -0.25) is 14.6 Å². The number of primary amides is 1. The molecule has 0 bridgehead atoms. The van der Waals surface area contributed by atoms with E-state index in [0.29, 0.717) is 37.5 Å². The van der Waals surface area contributed by atoms with Crippen molar-refractivity contribution in [1.29, 1.82) is 0 Å². The van der Waals surface area contributed by atoms with Crippen LogP contribution in [-0.4, -0.2) is 59.8 Å². The minimum Gasteiger partial charge on any atom is -0.369 e. The summed E-state index contributed by atoms with van der Waals surface area (Å²) in [4.78, 5) is 32.4. The summed E-state index contributed by atoms with van der Waals surface area (Å²) in [5, 5.41) is 0. The maximum Gasteiger partial charge on any atom is 0.272 e. The van der Waals surface area contributed by atoms with Gasteiger partial charge in [-0.2, -0.15) is 0 Å². The Morgan fingerprint density at radius 3 is 2.62 bits per heavy atom. The lowest BCUT2D eigenvalue weighted by atomic mass is 9.91. The predicted molar refractivity (Wildman–Crippen MR) is 91.5 cm³/mol. The van der Waals surface area contributed by atoms with Crippen LogP contribution >= 0.6 is 0 Å². The Morgan fingerprint density at radius 2 is 1.96 bits per heavy atom. The number of piperidine rings is 2. The molecule has 0 radical (unpaired) electrons. The van der Waals surface area contributed by atoms with Crippen molar-refractivity contribution in [2.75, 3.05) is 33.2 Å². The van der Waals surface area contributed by atoms with E-state index in [1.807, 2.05) is 12.1 Å². The van der Waals surface area contributed by atoms with Gasteiger partial charge in [0.05, 0.1) is 0 Å². The normalized spacial score (nSPS) is 23.2. The van der Waals surface area contributed by atoms with Gasteiger partial charge in [0.15, 0.2) is 0 Å². The number of amides is 2. The fourth-order valence-electron chi connectivity index (χ4n) is 3.79. The first-order valence-corrected chi connectivity index (χ1v) is 8.77. The second-order valence-corrected chi connectivity index (χ2v) is 7.04. The summed E-state index contributed by atoms with van der Waals surface area (Å²) < 4.78 is 0. The summed E-state index contributed by atoms with van der Waals surface area (Å²) in [7, 11) is 2.14. The van der Waals surface area contributed by atoms with Gasteiger partial charge in [-0.05, 0) is 62.9 Å². The van der Waals surface area contributed by atoms with E-state index in [9.17, 15) is 9.59 Å². The van der Waals surface area contributed by atoms with Crippen LogP contribution in [0.1, 0.15) is 47.7 Å². The highest BCUT2D eigenvalue weighted by atomic mass is 16.2. The first-order valence-electron chi connectivity index (χ1n) is 8.77. The molecule has 3 heterocycles. The second kappa shape index (κ2) is 7.30. The fraction of sp³-hybridized carbons (Fsp3) is 0.611. The van der Waals surface area contributed by atoms with E-state index in [4.69, 9.17) is 5.73 Å². The van der Waals surface area contributed by atoms with Crippen LogP contribution in [0.2, 0.25) is 0 Å². The number of aromatic nitrogens is 1. The molecular weight excluding hydrogens is 304 g/mol. The van der Waals surface area contributed by atoms with Gasteiger partial charge in [0.2, 0.25) is 5.91 Å². The molecule has 2 fully saturated rings. The minimum atomic E-state index is -0.261. The molecule has 2 saturated heterocycles. The lowest BCUT2D eigenvalue weighted by molar-refractivity contribution is -0.123. The Hall–Kier alpha value is -1.95. The molecular formula is C18H26N4O2. The highest BCUT2D eigenvalue weighted by molar-refractivity contribution is 5.92. The molecule has 1 atom stereocenters. The predicted octanol–water partition coefficient (Wildman–Crippen LogP) is 1.23. The third-order valence-corrected chi connectivity index (χ3v) is 5.28. The van der Waals surface area contributed by atoms with Crippen molar-refractivity contribution >= 4 is 11.8 Å². The van der Waals surface area contributed by atoms with Crippen molar-refractivity contribution in [2.45, 2.75) is 31.6 Å². The number of carbonyl (C=O) groups is 2. The molecule has 2 amide bonds.